The van der Waals surface area contributed by atoms with Gasteiger partial charge in [0.25, 0.3) is 0 Å². The standard InChI is InChI=1S/C13H18FNO2S/c1-9(16)10(2)18-8-7-13(17)15-12-6-4-3-5-11(12)14/h3-6,9-10,16H,7-8H2,1-2H3,(H,15,17). The number of amides is 1. The molecule has 5 heteroatoms. The quantitative estimate of drug-likeness (QED) is 0.836. The Labute approximate surface area is 111 Å². The number of hydrogen-bond acceptors (Lipinski definition) is 3. The molecule has 2 unspecified atom stereocenters. The van der Waals surface area contributed by atoms with Crippen molar-refractivity contribution in [1.29, 1.82) is 0 Å². The minimum atomic E-state index is -0.434. The fraction of sp³-hybridized carbons (Fsp3) is 0.462. The van der Waals surface area contributed by atoms with E-state index in [4.69, 9.17) is 0 Å². The van der Waals surface area contributed by atoms with E-state index in [1.165, 1.54) is 23.9 Å². The molecule has 0 saturated heterocycles. The number of thioether (sulfide) groups is 1. The van der Waals surface area contributed by atoms with Crippen molar-refractivity contribution in [2.75, 3.05) is 11.1 Å². The summed E-state index contributed by atoms with van der Waals surface area (Å²) >= 11 is 1.52. The molecule has 2 N–H and O–H groups in total. The van der Waals surface area contributed by atoms with Crippen LogP contribution < -0.4 is 5.32 Å². The number of anilines is 1. The van der Waals surface area contributed by atoms with Crippen molar-refractivity contribution in [1.82, 2.24) is 0 Å². The topological polar surface area (TPSA) is 49.3 Å². The Morgan fingerprint density at radius 3 is 2.72 bits per heavy atom. The zero-order valence-electron chi connectivity index (χ0n) is 10.5. The van der Waals surface area contributed by atoms with Gasteiger partial charge >= 0.3 is 0 Å². The van der Waals surface area contributed by atoms with Gasteiger partial charge in [0.2, 0.25) is 5.91 Å². The number of rotatable bonds is 6. The van der Waals surface area contributed by atoms with Gasteiger partial charge in [-0.2, -0.15) is 11.8 Å². The Hall–Kier alpha value is -1.07. The number of aliphatic hydroxyl groups is 1. The first-order chi connectivity index (χ1) is 8.50. The van der Waals surface area contributed by atoms with Crippen molar-refractivity contribution in [3.63, 3.8) is 0 Å². The van der Waals surface area contributed by atoms with E-state index in [1.807, 2.05) is 6.92 Å². The average molecular weight is 271 g/mol. The second kappa shape index (κ2) is 7.38. The molecule has 0 spiro atoms. The number of aliphatic hydroxyl groups excluding tert-OH is 1. The van der Waals surface area contributed by atoms with Crippen LogP contribution in [0.2, 0.25) is 0 Å². The first-order valence-electron chi connectivity index (χ1n) is 5.84. The molecule has 0 heterocycles. The molecule has 1 rings (SSSR count). The van der Waals surface area contributed by atoms with Gasteiger partial charge in [0, 0.05) is 17.4 Å². The molecular formula is C13H18FNO2S. The lowest BCUT2D eigenvalue weighted by molar-refractivity contribution is -0.115. The van der Waals surface area contributed by atoms with Crippen molar-refractivity contribution in [2.45, 2.75) is 31.6 Å². The summed E-state index contributed by atoms with van der Waals surface area (Å²) in [6.07, 6.45) is -0.0968. The largest absolute Gasteiger partial charge is 0.392 e. The Morgan fingerprint density at radius 2 is 2.11 bits per heavy atom. The number of carbonyl (C=O) groups excluding carboxylic acids is 1. The maximum absolute atomic E-state index is 13.3. The molecule has 100 valence electrons. The lowest BCUT2D eigenvalue weighted by Crippen LogP contribution is -2.18. The maximum Gasteiger partial charge on any atom is 0.225 e. The average Bonchev–Trinajstić information content (AvgIpc) is 2.32. The highest BCUT2D eigenvalue weighted by atomic mass is 32.2. The first kappa shape index (κ1) is 15.0. The van der Waals surface area contributed by atoms with E-state index in [9.17, 15) is 14.3 Å². The molecule has 2 atom stereocenters. The molecule has 0 bridgehead atoms. The third-order valence-corrected chi connectivity index (χ3v) is 3.90. The second-order valence-electron chi connectivity index (χ2n) is 4.09. The zero-order chi connectivity index (χ0) is 13.5. The number of benzene rings is 1. The summed E-state index contributed by atoms with van der Waals surface area (Å²) in [5.41, 5.74) is 0.205. The van der Waals surface area contributed by atoms with Gasteiger partial charge in [0.15, 0.2) is 0 Å². The minimum absolute atomic E-state index is 0.0891. The van der Waals surface area contributed by atoms with Crippen LogP contribution in [-0.4, -0.2) is 28.1 Å². The van der Waals surface area contributed by atoms with E-state index >= 15 is 0 Å². The Kier molecular flexibility index (Phi) is 6.15. The van der Waals surface area contributed by atoms with Crippen LogP contribution in [0.4, 0.5) is 10.1 Å². The predicted molar refractivity (Wildman–Crippen MR) is 73.2 cm³/mol. The van der Waals surface area contributed by atoms with E-state index in [2.05, 4.69) is 5.32 Å². The highest BCUT2D eigenvalue weighted by Crippen LogP contribution is 2.16. The van der Waals surface area contributed by atoms with E-state index in [0.717, 1.165) is 0 Å². The summed E-state index contributed by atoms with van der Waals surface area (Å²) < 4.78 is 13.3. The fourth-order valence-corrected chi connectivity index (χ4v) is 2.21. The number of nitrogens with one attached hydrogen (secondary N) is 1. The Balaban J connectivity index is 2.33. The van der Waals surface area contributed by atoms with Crippen LogP contribution in [0.3, 0.4) is 0 Å². The van der Waals surface area contributed by atoms with E-state index in [1.54, 1.807) is 19.1 Å². The van der Waals surface area contributed by atoms with E-state index in [0.29, 0.717) is 12.2 Å². The summed E-state index contributed by atoms with van der Waals surface area (Å²) in [5.74, 6) is -0.0481. The smallest absolute Gasteiger partial charge is 0.225 e. The van der Waals surface area contributed by atoms with Gasteiger partial charge in [-0.25, -0.2) is 4.39 Å². The van der Waals surface area contributed by atoms with Gasteiger partial charge in [-0.05, 0) is 19.1 Å². The van der Waals surface area contributed by atoms with E-state index < -0.39 is 11.9 Å². The molecule has 0 aliphatic heterocycles. The lowest BCUT2D eigenvalue weighted by Gasteiger charge is -2.13. The third-order valence-electron chi connectivity index (χ3n) is 2.54. The van der Waals surface area contributed by atoms with Gasteiger partial charge in [-0.1, -0.05) is 19.1 Å². The fourth-order valence-electron chi connectivity index (χ4n) is 1.25. The van der Waals surface area contributed by atoms with Crippen LogP contribution in [0, 0.1) is 5.82 Å². The molecule has 0 saturated carbocycles. The molecule has 0 radical (unpaired) electrons. The van der Waals surface area contributed by atoms with Crippen molar-refractivity contribution in [3.05, 3.63) is 30.1 Å². The molecule has 0 aliphatic carbocycles. The van der Waals surface area contributed by atoms with Gasteiger partial charge in [-0.15, -0.1) is 0 Å². The van der Waals surface area contributed by atoms with Crippen molar-refractivity contribution >= 4 is 23.4 Å². The predicted octanol–water partition coefficient (Wildman–Crippen LogP) is 2.66. The molecular weight excluding hydrogens is 253 g/mol. The minimum Gasteiger partial charge on any atom is -0.392 e. The van der Waals surface area contributed by atoms with Crippen LogP contribution in [0.25, 0.3) is 0 Å². The number of hydrogen-bond donors (Lipinski definition) is 2. The molecule has 18 heavy (non-hydrogen) atoms. The van der Waals surface area contributed by atoms with E-state index in [-0.39, 0.29) is 16.8 Å². The number of para-hydroxylation sites is 1. The van der Waals surface area contributed by atoms with Gasteiger partial charge in [0.05, 0.1) is 11.8 Å². The van der Waals surface area contributed by atoms with Gasteiger partial charge in [-0.3, -0.25) is 4.79 Å². The maximum atomic E-state index is 13.3. The Bertz CT molecular complexity index is 398. The summed E-state index contributed by atoms with van der Waals surface area (Å²) in [4.78, 5) is 11.6. The highest BCUT2D eigenvalue weighted by Gasteiger charge is 2.11. The molecule has 0 aromatic heterocycles. The summed E-state index contributed by atoms with van der Waals surface area (Å²) in [5, 5.41) is 11.9. The number of carbonyl (C=O) groups is 1. The van der Waals surface area contributed by atoms with Crippen LogP contribution in [0.15, 0.2) is 24.3 Å². The summed E-state index contributed by atoms with van der Waals surface area (Å²) in [6, 6.07) is 6.08. The monoisotopic (exact) mass is 271 g/mol. The van der Waals surface area contributed by atoms with Crippen LogP contribution >= 0.6 is 11.8 Å². The first-order valence-corrected chi connectivity index (χ1v) is 6.89. The Morgan fingerprint density at radius 1 is 1.44 bits per heavy atom. The summed E-state index contributed by atoms with van der Waals surface area (Å²) in [7, 11) is 0. The molecule has 1 aromatic rings. The molecule has 1 aromatic carbocycles. The molecule has 0 fully saturated rings. The molecule has 1 amide bonds. The van der Waals surface area contributed by atoms with Gasteiger partial charge < -0.3 is 10.4 Å². The van der Waals surface area contributed by atoms with Gasteiger partial charge in [0.1, 0.15) is 5.82 Å². The SMILES string of the molecule is CC(O)C(C)SCCC(=O)Nc1ccccc1F. The van der Waals surface area contributed by atoms with Crippen molar-refractivity contribution in [3.8, 4) is 0 Å². The van der Waals surface area contributed by atoms with Crippen LogP contribution in [0.5, 0.6) is 0 Å². The van der Waals surface area contributed by atoms with Crippen molar-refractivity contribution in [2.24, 2.45) is 0 Å². The summed E-state index contributed by atoms with van der Waals surface area (Å²) in [6.45, 7) is 3.63. The second-order valence-corrected chi connectivity index (χ2v) is 5.58. The van der Waals surface area contributed by atoms with Crippen molar-refractivity contribution < 1.29 is 14.3 Å². The van der Waals surface area contributed by atoms with Crippen LogP contribution in [0.1, 0.15) is 20.3 Å². The molecule has 3 nitrogen and oxygen atoms in total. The molecule has 0 aliphatic rings. The number of halogens is 1. The highest BCUT2D eigenvalue weighted by molar-refractivity contribution is 7.99. The zero-order valence-corrected chi connectivity index (χ0v) is 11.3. The normalized spacial score (nSPS) is 14.0. The van der Waals surface area contributed by atoms with Crippen LogP contribution in [-0.2, 0) is 4.79 Å². The lowest BCUT2D eigenvalue weighted by atomic mass is 10.3. The third kappa shape index (κ3) is 5.06.